The standard InChI is InChI=1S/C12H22N2O5/c1-18-6-2-3-9(13)11(15)14-7-8-4-5-10(19-8)12(16)17/h8-10H,2-7,13H2,1H3,(H,14,15)(H,16,17). The van der Waals surface area contributed by atoms with Crippen molar-refractivity contribution < 1.29 is 24.2 Å². The van der Waals surface area contributed by atoms with Crippen LogP contribution in [0.3, 0.4) is 0 Å². The predicted molar refractivity (Wildman–Crippen MR) is 67.6 cm³/mol. The number of carbonyl (C=O) groups is 2. The minimum absolute atomic E-state index is 0.238. The van der Waals surface area contributed by atoms with Gasteiger partial charge in [-0.25, -0.2) is 4.79 Å². The lowest BCUT2D eigenvalue weighted by Gasteiger charge is -2.15. The fourth-order valence-electron chi connectivity index (χ4n) is 1.96. The van der Waals surface area contributed by atoms with Crippen molar-refractivity contribution in [3.05, 3.63) is 0 Å². The molecule has 3 unspecified atom stereocenters. The van der Waals surface area contributed by atoms with Gasteiger partial charge in [-0.05, 0) is 25.7 Å². The number of ether oxygens (including phenoxy) is 2. The van der Waals surface area contributed by atoms with Crippen molar-refractivity contribution in [3.8, 4) is 0 Å². The first-order valence-corrected chi connectivity index (χ1v) is 6.45. The quantitative estimate of drug-likeness (QED) is 0.514. The largest absolute Gasteiger partial charge is 0.479 e. The van der Waals surface area contributed by atoms with Crippen molar-refractivity contribution in [2.24, 2.45) is 5.73 Å². The Hall–Kier alpha value is -1.18. The third kappa shape index (κ3) is 5.54. The van der Waals surface area contributed by atoms with Crippen LogP contribution in [-0.4, -0.2) is 55.5 Å². The molecule has 0 aromatic carbocycles. The van der Waals surface area contributed by atoms with Crippen molar-refractivity contribution in [3.63, 3.8) is 0 Å². The molecule has 0 radical (unpaired) electrons. The Morgan fingerprint density at radius 3 is 2.84 bits per heavy atom. The number of nitrogens with two attached hydrogens (primary N) is 1. The minimum atomic E-state index is -0.954. The first kappa shape index (κ1) is 15.9. The maximum absolute atomic E-state index is 11.7. The van der Waals surface area contributed by atoms with Crippen LogP contribution >= 0.6 is 0 Å². The summed E-state index contributed by atoms with van der Waals surface area (Å²) in [5, 5.41) is 11.5. The van der Waals surface area contributed by atoms with Gasteiger partial charge < -0.3 is 25.6 Å². The smallest absolute Gasteiger partial charge is 0.332 e. The molecule has 1 rings (SSSR count). The minimum Gasteiger partial charge on any atom is -0.479 e. The van der Waals surface area contributed by atoms with Gasteiger partial charge in [0.2, 0.25) is 5.91 Å². The molecule has 1 amide bonds. The van der Waals surface area contributed by atoms with Crippen molar-refractivity contribution in [1.29, 1.82) is 0 Å². The van der Waals surface area contributed by atoms with E-state index in [-0.39, 0.29) is 12.0 Å². The van der Waals surface area contributed by atoms with Crippen LogP contribution in [0, 0.1) is 0 Å². The number of methoxy groups -OCH3 is 1. The zero-order valence-corrected chi connectivity index (χ0v) is 11.1. The van der Waals surface area contributed by atoms with Gasteiger partial charge in [-0.3, -0.25) is 4.79 Å². The lowest BCUT2D eigenvalue weighted by Crippen LogP contribution is -2.43. The topological polar surface area (TPSA) is 111 Å². The number of carbonyl (C=O) groups excluding carboxylic acids is 1. The Kier molecular flexibility index (Phi) is 6.75. The third-order valence-electron chi connectivity index (χ3n) is 3.09. The number of carboxylic acids is 1. The lowest BCUT2D eigenvalue weighted by atomic mass is 10.1. The molecule has 0 aromatic heterocycles. The van der Waals surface area contributed by atoms with Gasteiger partial charge in [-0.1, -0.05) is 0 Å². The van der Waals surface area contributed by atoms with E-state index in [0.717, 1.165) is 6.42 Å². The van der Waals surface area contributed by atoms with E-state index in [1.54, 1.807) is 7.11 Å². The van der Waals surface area contributed by atoms with Crippen molar-refractivity contribution in [2.45, 2.75) is 43.9 Å². The zero-order valence-electron chi connectivity index (χ0n) is 11.1. The van der Waals surface area contributed by atoms with Crippen LogP contribution in [0.4, 0.5) is 0 Å². The molecule has 7 heteroatoms. The molecule has 3 atom stereocenters. The van der Waals surface area contributed by atoms with Crippen LogP contribution in [0.25, 0.3) is 0 Å². The van der Waals surface area contributed by atoms with E-state index in [0.29, 0.717) is 32.4 Å². The molecule has 0 spiro atoms. The first-order chi connectivity index (χ1) is 9.04. The molecule has 1 aliphatic heterocycles. The fraction of sp³-hybridized carbons (Fsp3) is 0.833. The molecule has 110 valence electrons. The van der Waals surface area contributed by atoms with Gasteiger partial charge in [0.15, 0.2) is 6.10 Å². The summed E-state index contributed by atoms with van der Waals surface area (Å²) in [6.07, 6.45) is 1.41. The average Bonchev–Trinajstić information content (AvgIpc) is 2.85. The van der Waals surface area contributed by atoms with Crippen LogP contribution in [0.1, 0.15) is 25.7 Å². The highest BCUT2D eigenvalue weighted by Gasteiger charge is 2.30. The van der Waals surface area contributed by atoms with Crippen molar-refractivity contribution >= 4 is 11.9 Å². The molecule has 0 saturated carbocycles. The Morgan fingerprint density at radius 1 is 1.53 bits per heavy atom. The van der Waals surface area contributed by atoms with Crippen LogP contribution < -0.4 is 11.1 Å². The van der Waals surface area contributed by atoms with Crippen LogP contribution in [0.5, 0.6) is 0 Å². The number of hydrogen-bond donors (Lipinski definition) is 3. The van der Waals surface area contributed by atoms with E-state index in [1.807, 2.05) is 0 Å². The summed E-state index contributed by atoms with van der Waals surface area (Å²) in [4.78, 5) is 22.4. The average molecular weight is 274 g/mol. The maximum Gasteiger partial charge on any atom is 0.332 e. The maximum atomic E-state index is 11.7. The second-order valence-electron chi connectivity index (χ2n) is 4.65. The van der Waals surface area contributed by atoms with E-state index in [4.69, 9.17) is 20.3 Å². The second kappa shape index (κ2) is 8.08. The van der Waals surface area contributed by atoms with Gasteiger partial charge in [-0.15, -0.1) is 0 Å². The molecule has 1 aliphatic rings. The van der Waals surface area contributed by atoms with E-state index < -0.39 is 18.1 Å². The summed E-state index contributed by atoms with van der Waals surface area (Å²) < 4.78 is 10.2. The molecule has 19 heavy (non-hydrogen) atoms. The van der Waals surface area contributed by atoms with Gasteiger partial charge in [0.05, 0.1) is 12.1 Å². The number of carboxylic acid groups (broad SMARTS) is 1. The number of amides is 1. The van der Waals surface area contributed by atoms with Crippen LogP contribution in [-0.2, 0) is 19.1 Å². The zero-order chi connectivity index (χ0) is 14.3. The number of hydrogen-bond acceptors (Lipinski definition) is 5. The summed E-state index contributed by atoms with van der Waals surface area (Å²) in [5.41, 5.74) is 5.72. The number of rotatable bonds is 8. The number of nitrogens with one attached hydrogen (secondary N) is 1. The Balaban J connectivity index is 2.18. The monoisotopic (exact) mass is 274 g/mol. The van der Waals surface area contributed by atoms with Gasteiger partial charge in [0, 0.05) is 20.3 Å². The summed E-state index contributed by atoms with van der Waals surface area (Å²) >= 11 is 0. The molecule has 0 aliphatic carbocycles. The normalized spacial score (nSPS) is 24.1. The second-order valence-corrected chi connectivity index (χ2v) is 4.65. The Bertz CT molecular complexity index is 310. The van der Waals surface area contributed by atoms with Gasteiger partial charge in [0.25, 0.3) is 0 Å². The first-order valence-electron chi connectivity index (χ1n) is 6.45. The molecule has 7 nitrogen and oxygen atoms in total. The van der Waals surface area contributed by atoms with E-state index in [9.17, 15) is 9.59 Å². The fourth-order valence-corrected chi connectivity index (χ4v) is 1.96. The molecular weight excluding hydrogens is 252 g/mol. The molecule has 1 fully saturated rings. The SMILES string of the molecule is COCCCC(N)C(=O)NCC1CCC(C(=O)O)O1. The van der Waals surface area contributed by atoms with Crippen LogP contribution in [0.2, 0.25) is 0 Å². The van der Waals surface area contributed by atoms with E-state index in [1.165, 1.54) is 0 Å². The third-order valence-corrected chi connectivity index (χ3v) is 3.09. The van der Waals surface area contributed by atoms with Gasteiger partial charge in [0.1, 0.15) is 0 Å². The molecule has 4 N–H and O–H groups in total. The highest BCUT2D eigenvalue weighted by atomic mass is 16.5. The summed E-state index contributed by atoms with van der Waals surface area (Å²) in [7, 11) is 1.60. The molecule has 1 saturated heterocycles. The Morgan fingerprint density at radius 2 is 2.26 bits per heavy atom. The van der Waals surface area contributed by atoms with Crippen LogP contribution in [0.15, 0.2) is 0 Å². The molecule has 1 heterocycles. The van der Waals surface area contributed by atoms with Gasteiger partial charge >= 0.3 is 5.97 Å². The summed E-state index contributed by atoms with van der Waals surface area (Å²) in [5.74, 6) is -1.19. The molecular formula is C12H22N2O5. The predicted octanol–water partition coefficient (Wildman–Crippen LogP) is -0.511. The number of aliphatic carboxylic acids is 1. The highest BCUT2D eigenvalue weighted by Crippen LogP contribution is 2.19. The van der Waals surface area contributed by atoms with Crippen molar-refractivity contribution in [1.82, 2.24) is 5.32 Å². The molecule has 0 aromatic rings. The Labute approximate surface area is 112 Å². The van der Waals surface area contributed by atoms with E-state index in [2.05, 4.69) is 5.32 Å². The van der Waals surface area contributed by atoms with Crippen molar-refractivity contribution in [2.75, 3.05) is 20.3 Å². The highest BCUT2D eigenvalue weighted by molar-refractivity contribution is 5.81. The van der Waals surface area contributed by atoms with E-state index >= 15 is 0 Å². The van der Waals surface area contributed by atoms with Gasteiger partial charge in [-0.2, -0.15) is 0 Å². The molecule has 0 bridgehead atoms. The summed E-state index contributed by atoms with van der Waals surface area (Å²) in [6.45, 7) is 0.883. The summed E-state index contributed by atoms with van der Waals surface area (Å²) in [6, 6.07) is -0.563. The lowest BCUT2D eigenvalue weighted by molar-refractivity contribution is -0.149.